The molecule has 2 fully saturated rings. The molecule has 2 heterocycles. The fourth-order valence-corrected chi connectivity index (χ4v) is 2.79. The summed E-state index contributed by atoms with van der Waals surface area (Å²) in [7, 11) is 0. The third-order valence-corrected chi connectivity index (χ3v) is 4.21. The van der Waals surface area contributed by atoms with Gasteiger partial charge in [-0.1, -0.05) is 0 Å². The summed E-state index contributed by atoms with van der Waals surface area (Å²) in [6.07, 6.45) is 0. The summed E-state index contributed by atoms with van der Waals surface area (Å²) in [4.78, 5) is 29.8. The van der Waals surface area contributed by atoms with Gasteiger partial charge in [-0.05, 0) is 24.3 Å². The lowest BCUT2D eigenvalue weighted by Gasteiger charge is -2.38. The number of ether oxygens (including phenoxy) is 1. The molecule has 0 aliphatic carbocycles. The predicted molar refractivity (Wildman–Crippen MR) is 86.4 cm³/mol. The van der Waals surface area contributed by atoms with Crippen LogP contribution < -0.4 is 5.32 Å². The Balaban J connectivity index is 1.48. The normalized spacial score (nSPS) is 18.5. The van der Waals surface area contributed by atoms with Gasteiger partial charge in [-0.2, -0.15) is 0 Å². The second-order valence-electron chi connectivity index (χ2n) is 5.79. The van der Waals surface area contributed by atoms with Crippen LogP contribution >= 0.6 is 0 Å². The van der Waals surface area contributed by atoms with Gasteiger partial charge in [-0.25, -0.2) is 14.0 Å². The Morgan fingerprint density at radius 2 is 1.42 bits per heavy atom. The highest BCUT2D eigenvalue weighted by Gasteiger charge is 2.28. The Morgan fingerprint density at radius 1 is 0.875 bits per heavy atom. The van der Waals surface area contributed by atoms with Crippen LogP contribution in [0.4, 0.5) is 19.7 Å². The van der Waals surface area contributed by atoms with E-state index in [0.29, 0.717) is 58.2 Å². The third kappa shape index (κ3) is 3.94. The van der Waals surface area contributed by atoms with Crippen molar-refractivity contribution >= 4 is 17.7 Å². The van der Waals surface area contributed by atoms with Crippen molar-refractivity contribution in [2.45, 2.75) is 0 Å². The number of carbonyl (C=O) groups excluding carboxylic acids is 2. The molecule has 0 spiro atoms. The summed E-state index contributed by atoms with van der Waals surface area (Å²) in [5.74, 6) is -0.344. The van der Waals surface area contributed by atoms with E-state index < -0.39 is 0 Å². The SMILES string of the molecule is O=C(Nc1ccc(F)cc1)N1CCN(C(=O)N2CCOCC2)CC1. The van der Waals surface area contributed by atoms with Crippen LogP contribution in [-0.2, 0) is 4.74 Å². The van der Waals surface area contributed by atoms with Crippen molar-refractivity contribution in [2.75, 3.05) is 57.8 Å². The van der Waals surface area contributed by atoms with Crippen molar-refractivity contribution < 1.29 is 18.7 Å². The van der Waals surface area contributed by atoms with Gasteiger partial charge >= 0.3 is 12.1 Å². The number of anilines is 1. The maximum atomic E-state index is 12.9. The molecule has 3 rings (SSSR count). The Kier molecular flexibility index (Phi) is 5.14. The van der Waals surface area contributed by atoms with Crippen molar-refractivity contribution in [3.05, 3.63) is 30.1 Å². The highest BCUT2D eigenvalue weighted by atomic mass is 19.1. The molecule has 24 heavy (non-hydrogen) atoms. The van der Waals surface area contributed by atoms with E-state index in [2.05, 4.69) is 5.32 Å². The van der Waals surface area contributed by atoms with Crippen LogP contribution in [0.2, 0.25) is 0 Å². The lowest BCUT2D eigenvalue weighted by atomic mass is 10.3. The molecule has 0 saturated carbocycles. The molecule has 2 saturated heterocycles. The van der Waals surface area contributed by atoms with Gasteiger partial charge in [-0.3, -0.25) is 0 Å². The molecule has 0 unspecified atom stereocenters. The number of hydrogen-bond donors (Lipinski definition) is 1. The number of morpholine rings is 1. The first-order valence-corrected chi connectivity index (χ1v) is 8.06. The van der Waals surface area contributed by atoms with E-state index in [-0.39, 0.29) is 17.9 Å². The molecule has 1 aromatic carbocycles. The van der Waals surface area contributed by atoms with E-state index >= 15 is 0 Å². The molecule has 0 atom stereocenters. The van der Waals surface area contributed by atoms with Crippen LogP contribution in [0.15, 0.2) is 24.3 Å². The van der Waals surface area contributed by atoms with Gasteiger partial charge in [0, 0.05) is 45.0 Å². The van der Waals surface area contributed by atoms with E-state index in [9.17, 15) is 14.0 Å². The summed E-state index contributed by atoms with van der Waals surface area (Å²) < 4.78 is 18.1. The molecule has 1 aromatic rings. The molecule has 7 nitrogen and oxygen atoms in total. The molecule has 130 valence electrons. The minimum absolute atomic E-state index is 0.0110. The fourth-order valence-electron chi connectivity index (χ4n) is 2.79. The summed E-state index contributed by atoms with van der Waals surface area (Å²) in [6.45, 7) is 4.35. The van der Waals surface area contributed by atoms with E-state index in [4.69, 9.17) is 4.74 Å². The van der Waals surface area contributed by atoms with E-state index in [1.54, 1.807) is 14.7 Å². The van der Waals surface area contributed by atoms with Crippen LogP contribution in [0.5, 0.6) is 0 Å². The summed E-state index contributed by atoms with van der Waals surface area (Å²) in [6, 6.07) is 5.41. The van der Waals surface area contributed by atoms with Gasteiger partial charge in [0.05, 0.1) is 13.2 Å². The first-order valence-electron chi connectivity index (χ1n) is 8.06. The van der Waals surface area contributed by atoms with Crippen LogP contribution in [0.1, 0.15) is 0 Å². The number of nitrogens with one attached hydrogen (secondary N) is 1. The third-order valence-electron chi connectivity index (χ3n) is 4.21. The minimum Gasteiger partial charge on any atom is -0.378 e. The Bertz CT molecular complexity index is 581. The van der Waals surface area contributed by atoms with Crippen LogP contribution in [0, 0.1) is 5.82 Å². The van der Waals surface area contributed by atoms with Gasteiger partial charge in [0.1, 0.15) is 5.82 Å². The van der Waals surface area contributed by atoms with Crippen molar-refractivity contribution in [1.29, 1.82) is 0 Å². The zero-order valence-electron chi connectivity index (χ0n) is 13.4. The average Bonchev–Trinajstić information content (AvgIpc) is 2.64. The number of piperazine rings is 1. The Hall–Kier alpha value is -2.35. The van der Waals surface area contributed by atoms with Crippen molar-refractivity contribution in [1.82, 2.24) is 14.7 Å². The van der Waals surface area contributed by atoms with E-state index in [1.807, 2.05) is 0 Å². The first-order chi connectivity index (χ1) is 11.6. The number of rotatable bonds is 1. The fraction of sp³-hybridized carbons (Fsp3) is 0.500. The first kappa shape index (κ1) is 16.5. The average molecular weight is 336 g/mol. The highest BCUT2D eigenvalue weighted by molar-refractivity contribution is 5.89. The zero-order chi connectivity index (χ0) is 16.9. The van der Waals surface area contributed by atoms with Crippen LogP contribution in [-0.4, -0.2) is 79.2 Å². The number of halogens is 1. The molecule has 0 bridgehead atoms. The number of carbonyl (C=O) groups is 2. The number of benzene rings is 1. The molecule has 0 aromatic heterocycles. The maximum Gasteiger partial charge on any atom is 0.321 e. The van der Waals surface area contributed by atoms with Crippen molar-refractivity contribution in [3.8, 4) is 0 Å². The van der Waals surface area contributed by atoms with Gasteiger partial charge < -0.3 is 24.8 Å². The standard InChI is InChI=1S/C16H21FN4O3/c17-13-1-3-14(4-2-13)18-15(22)19-5-7-20(8-6-19)16(23)21-9-11-24-12-10-21/h1-4H,5-12H2,(H,18,22). The van der Waals surface area contributed by atoms with Crippen molar-refractivity contribution in [2.24, 2.45) is 0 Å². The molecule has 2 aliphatic rings. The molecule has 2 aliphatic heterocycles. The molecule has 0 radical (unpaired) electrons. The van der Waals surface area contributed by atoms with E-state index in [0.717, 1.165) is 0 Å². The van der Waals surface area contributed by atoms with Gasteiger partial charge in [0.15, 0.2) is 0 Å². The van der Waals surface area contributed by atoms with Gasteiger partial charge in [0.25, 0.3) is 0 Å². The lowest BCUT2D eigenvalue weighted by Crippen LogP contribution is -2.56. The second kappa shape index (κ2) is 7.48. The Labute approximate surface area is 140 Å². The zero-order valence-corrected chi connectivity index (χ0v) is 13.4. The quantitative estimate of drug-likeness (QED) is 0.844. The predicted octanol–water partition coefficient (Wildman–Crippen LogP) is 1.43. The smallest absolute Gasteiger partial charge is 0.321 e. The maximum absolute atomic E-state index is 12.9. The molecular formula is C16H21FN4O3. The van der Waals surface area contributed by atoms with Gasteiger partial charge in [-0.15, -0.1) is 0 Å². The summed E-state index contributed by atoms with van der Waals surface area (Å²) in [5.41, 5.74) is 0.549. The minimum atomic E-state index is -0.344. The number of hydrogen-bond acceptors (Lipinski definition) is 3. The molecular weight excluding hydrogens is 315 g/mol. The number of urea groups is 2. The lowest BCUT2D eigenvalue weighted by molar-refractivity contribution is 0.0394. The largest absolute Gasteiger partial charge is 0.378 e. The van der Waals surface area contributed by atoms with Crippen molar-refractivity contribution in [3.63, 3.8) is 0 Å². The molecule has 8 heteroatoms. The highest BCUT2D eigenvalue weighted by Crippen LogP contribution is 2.12. The van der Waals surface area contributed by atoms with Crippen LogP contribution in [0.3, 0.4) is 0 Å². The number of nitrogens with zero attached hydrogens (tertiary/aromatic N) is 3. The van der Waals surface area contributed by atoms with Crippen LogP contribution in [0.25, 0.3) is 0 Å². The number of amides is 4. The molecule has 1 N–H and O–H groups in total. The summed E-state index contributed by atoms with van der Waals surface area (Å²) >= 11 is 0. The van der Waals surface area contributed by atoms with Gasteiger partial charge in [0.2, 0.25) is 0 Å². The topological polar surface area (TPSA) is 65.1 Å². The monoisotopic (exact) mass is 336 g/mol. The van der Waals surface area contributed by atoms with E-state index in [1.165, 1.54) is 24.3 Å². The molecule has 4 amide bonds. The second-order valence-corrected chi connectivity index (χ2v) is 5.79. The Morgan fingerprint density at radius 3 is 2.04 bits per heavy atom. The summed E-state index contributed by atoms with van der Waals surface area (Å²) in [5, 5.41) is 2.74.